The molecule has 108 valence electrons. The van der Waals surface area contributed by atoms with Crippen LogP contribution in [-0.4, -0.2) is 22.5 Å². The zero-order valence-electron chi connectivity index (χ0n) is 11.4. The van der Waals surface area contributed by atoms with Crippen molar-refractivity contribution in [1.82, 2.24) is 9.97 Å². The van der Waals surface area contributed by atoms with E-state index in [1.54, 1.807) is 6.92 Å². The number of esters is 1. The van der Waals surface area contributed by atoms with Crippen LogP contribution >= 0.6 is 11.6 Å². The van der Waals surface area contributed by atoms with Gasteiger partial charge in [0.15, 0.2) is 11.3 Å². The number of carbonyl (C=O) groups is 1. The fraction of sp³-hybridized carbons (Fsp3) is 0.500. The first-order valence-corrected chi connectivity index (χ1v) is 6.93. The molecule has 0 unspecified atom stereocenters. The summed E-state index contributed by atoms with van der Waals surface area (Å²) in [6.45, 7) is 1.83. The maximum absolute atomic E-state index is 12.6. The molecule has 0 radical (unpaired) electrons. The van der Waals surface area contributed by atoms with Crippen LogP contribution in [0, 0.1) is 34.5 Å². The quantitative estimate of drug-likeness (QED) is 0.771. The first-order valence-electron chi connectivity index (χ1n) is 6.55. The SMILES string of the molecule is CCOC(=O)[C@](c1ncc(Cl)cn1)(C(C#N)C#N)C1CC1. The molecular weight excluding hydrogens is 292 g/mol. The molecule has 0 bridgehead atoms. The van der Waals surface area contributed by atoms with E-state index in [-0.39, 0.29) is 18.3 Å². The van der Waals surface area contributed by atoms with Gasteiger partial charge >= 0.3 is 5.97 Å². The molecule has 1 aliphatic carbocycles. The number of nitrogens with zero attached hydrogens (tertiary/aromatic N) is 4. The average Bonchev–Trinajstić information content (AvgIpc) is 3.31. The Hall–Kier alpha value is -2.18. The maximum atomic E-state index is 12.6. The van der Waals surface area contributed by atoms with Crippen molar-refractivity contribution >= 4 is 17.6 Å². The van der Waals surface area contributed by atoms with Gasteiger partial charge in [-0.25, -0.2) is 9.97 Å². The minimum absolute atomic E-state index is 0.126. The third-order valence-electron chi connectivity index (χ3n) is 3.54. The Morgan fingerprint density at radius 1 is 1.48 bits per heavy atom. The number of halogens is 1. The number of aromatic nitrogens is 2. The number of nitriles is 2. The molecule has 1 fully saturated rings. The summed E-state index contributed by atoms with van der Waals surface area (Å²) >= 11 is 5.77. The third kappa shape index (κ3) is 2.55. The predicted molar refractivity (Wildman–Crippen MR) is 72.8 cm³/mol. The topological polar surface area (TPSA) is 99.7 Å². The van der Waals surface area contributed by atoms with E-state index in [1.807, 2.05) is 12.1 Å². The molecule has 1 saturated carbocycles. The van der Waals surface area contributed by atoms with Crippen LogP contribution < -0.4 is 0 Å². The van der Waals surface area contributed by atoms with Crippen molar-refractivity contribution in [3.63, 3.8) is 0 Å². The lowest BCUT2D eigenvalue weighted by Crippen LogP contribution is -2.47. The molecule has 0 spiro atoms. The summed E-state index contributed by atoms with van der Waals surface area (Å²) in [5.41, 5.74) is -1.44. The fourth-order valence-corrected chi connectivity index (χ4v) is 2.57. The largest absolute Gasteiger partial charge is 0.465 e. The molecule has 1 aromatic heterocycles. The van der Waals surface area contributed by atoms with Crippen LogP contribution in [0.3, 0.4) is 0 Å². The van der Waals surface area contributed by atoms with Crippen LogP contribution in [0.5, 0.6) is 0 Å². The van der Waals surface area contributed by atoms with Gasteiger partial charge in [-0.15, -0.1) is 0 Å². The van der Waals surface area contributed by atoms with Gasteiger partial charge in [0.2, 0.25) is 0 Å². The van der Waals surface area contributed by atoms with Gasteiger partial charge in [0.25, 0.3) is 0 Å². The monoisotopic (exact) mass is 304 g/mol. The van der Waals surface area contributed by atoms with Gasteiger partial charge in [-0.2, -0.15) is 10.5 Å². The van der Waals surface area contributed by atoms with E-state index in [1.165, 1.54) is 12.4 Å². The van der Waals surface area contributed by atoms with Gasteiger partial charge in [-0.3, -0.25) is 4.79 Å². The van der Waals surface area contributed by atoms with Gasteiger partial charge in [0, 0.05) is 12.4 Å². The zero-order chi connectivity index (χ0) is 15.5. The van der Waals surface area contributed by atoms with Gasteiger partial charge in [0.05, 0.1) is 23.8 Å². The summed E-state index contributed by atoms with van der Waals surface area (Å²) in [5, 5.41) is 18.9. The number of hydrogen-bond acceptors (Lipinski definition) is 6. The summed E-state index contributed by atoms with van der Waals surface area (Å²) < 4.78 is 5.12. The molecule has 1 aromatic rings. The standard InChI is InChI=1S/C14H13ClN4O2/c1-2-21-13(20)14(9-3-4-9,10(5-16)6-17)12-18-7-11(15)8-19-12/h7-10H,2-4H2,1H3/t14-/m0/s1. The van der Waals surface area contributed by atoms with Crippen molar-refractivity contribution in [2.75, 3.05) is 6.61 Å². The van der Waals surface area contributed by atoms with Crippen LogP contribution in [-0.2, 0) is 14.9 Å². The molecule has 1 heterocycles. The highest BCUT2D eigenvalue weighted by Crippen LogP contribution is 2.51. The number of hydrogen-bond donors (Lipinski definition) is 0. The molecular formula is C14H13ClN4O2. The molecule has 0 N–H and O–H groups in total. The molecule has 0 saturated heterocycles. The van der Waals surface area contributed by atoms with Crippen LogP contribution in [0.25, 0.3) is 0 Å². The van der Waals surface area contributed by atoms with Crippen LogP contribution in [0.15, 0.2) is 12.4 Å². The second kappa shape index (κ2) is 6.07. The Kier molecular flexibility index (Phi) is 4.40. The van der Waals surface area contributed by atoms with Gasteiger partial charge in [-0.1, -0.05) is 11.6 Å². The fourth-order valence-electron chi connectivity index (χ4n) is 2.47. The van der Waals surface area contributed by atoms with E-state index in [2.05, 4.69) is 9.97 Å². The van der Waals surface area contributed by atoms with E-state index in [0.29, 0.717) is 5.02 Å². The summed E-state index contributed by atoms with van der Waals surface area (Å²) in [5.74, 6) is -1.86. The normalized spacial score (nSPS) is 16.6. The first-order chi connectivity index (χ1) is 10.1. The van der Waals surface area contributed by atoms with Crippen LogP contribution in [0.4, 0.5) is 0 Å². The highest BCUT2D eigenvalue weighted by atomic mass is 35.5. The van der Waals surface area contributed by atoms with Crippen molar-refractivity contribution in [3.05, 3.63) is 23.2 Å². The third-order valence-corrected chi connectivity index (χ3v) is 3.73. The molecule has 0 aliphatic heterocycles. The smallest absolute Gasteiger partial charge is 0.322 e. The Bertz CT molecular complexity index is 601. The minimum atomic E-state index is -1.44. The summed E-state index contributed by atoms with van der Waals surface area (Å²) in [4.78, 5) is 20.7. The highest BCUT2D eigenvalue weighted by Gasteiger charge is 2.61. The molecule has 6 nitrogen and oxygen atoms in total. The lowest BCUT2D eigenvalue weighted by atomic mass is 9.71. The zero-order valence-corrected chi connectivity index (χ0v) is 12.2. The predicted octanol–water partition coefficient (Wildman–Crippen LogP) is 2.00. The van der Waals surface area contributed by atoms with E-state index < -0.39 is 17.3 Å². The Morgan fingerprint density at radius 3 is 2.48 bits per heavy atom. The Morgan fingerprint density at radius 2 is 2.05 bits per heavy atom. The Labute approximate surface area is 127 Å². The van der Waals surface area contributed by atoms with Crippen LogP contribution in [0.2, 0.25) is 5.02 Å². The molecule has 2 rings (SSSR count). The van der Waals surface area contributed by atoms with Crippen molar-refractivity contribution in [1.29, 1.82) is 10.5 Å². The van der Waals surface area contributed by atoms with Crippen molar-refractivity contribution < 1.29 is 9.53 Å². The van der Waals surface area contributed by atoms with E-state index in [4.69, 9.17) is 16.3 Å². The maximum Gasteiger partial charge on any atom is 0.322 e. The van der Waals surface area contributed by atoms with Crippen molar-refractivity contribution in [3.8, 4) is 12.1 Å². The van der Waals surface area contributed by atoms with Gasteiger partial charge in [0.1, 0.15) is 5.82 Å². The molecule has 21 heavy (non-hydrogen) atoms. The highest BCUT2D eigenvalue weighted by molar-refractivity contribution is 6.30. The number of ether oxygens (including phenoxy) is 1. The second-order valence-corrected chi connectivity index (χ2v) is 5.22. The molecule has 7 heteroatoms. The van der Waals surface area contributed by atoms with E-state index in [0.717, 1.165) is 12.8 Å². The van der Waals surface area contributed by atoms with Gasteiger partial charge < -0.3 is 4.74 Å². The van der Waals surface area contributed by atoms with E-state index in [9.17, 15) is 15.3 Å². The summed E-state index contributed by atoms with van der Waals surface area (Å²) in [6, 6.07) is 3.78. The number of carbonyl (C=O) groups excluding carboxylic acids is 1. The van der Waals surface area contributed by atoms with E-state index >= 15 is 0 Å². The van der Waals surface area contributed by atoms with Crippen molar-refractivity contribution in [2.45, 2.75) is 25.2 Å². The Balaban J connectivity index is 2.61. The molecule has 0 aromatic carbocycles. The minimum Gasteiger partial charge on any atom is -0.465 e. The molecule has 1 aliphatic rings. The van der Waals surface area contributed by atoms with Gasteiger partial charge in [-0.05, 0) is 25.7 Å². The van der Waals surface area contributed by atoms with Crippen molar-refractivity contribution in [2.24, 2.45) is 11.8 Å². The second-order valence-electron chi connectivity index (χ2n) is 4.78. The summed E-state index contributed by atoms with van der Waals surface area (Å²) in [7, 11) is 0. The average molecular weight is 305 g/mol. The van der Waals surface area contributed by atoms with Crippen LogP contribution in [0.1, 0.15) is 25.6 Å². The lowest BCUT2D eigenvalue weighted by molar-refractivity contribution is -0.152. The first kappa shape index (κ1) is 15.2. The number of rotatable bonds is 5. The lowest BCUT2D eigenvalue weighted by Gasteiger charge is -2.30. The molecule has 0 amide bonds. The molecule has 1 atom stereocenters. The summed E-state index contributed by atoms with van der Waals surface area (Å²) in [6.07, 6.45) is 4.16.